The molecule has 0 atom stereocenters. The van der Waals surface area contributed by atoms with Crippen LogP contribution in [0.15, 0.2) is 29.3 Å². The molecule has 1 aromatic carbocycles. The van der Waals surface area contributed by atoms with Crippen molar-refractivity contribution in [1.29, 1.82) is 0 Å². The smallest absolute Gasteiger partial charge is 0.190 e. The lowest BCUT2D eigenvalue weighted by Crippen LogP contribution is -2.39. The van der Waals surface area contributed by atoms with E-state index in [1.54, 1.807) is 21.3 Å². The van der Waals surface area contributed by atoms with E-state index in [2.05, 4.69) is 27.8 Å². The molecule has 5 heteroatoms. The number of hydrogen-bond acceptors (Lipinski definition) is 3. The fourth-order valence-electron chi connectivity index (χ4n) is 1.80. The summed E-state index contributed by atoms with van der Waals surface area (Å²) in [4.78, 5) is 4.18. The Kier molecular flexibility index (Phi) is 8.22. The van der Waals surface area contributed by atoms with Crippen LogP contribution < -0.4 is 15.4 Å². The molecule has 1 rings (SSSR count). The average molecular weight is 279 g/mol. The van der Waals surface area contributed by atoms with Crippen LogP contribution in [-0.4, -0.2) is 46.9 Å². The number of rotatable bonds is 8. The molecule has 0 fully saturated rings. The zero-order valence-corrected chi connectivity index (χ0v) is 12.6. The van der Waals surface area contributed by atoms with E-state index in [0.29, 0.717) is 0 Å². The SMILES string of the molecule is CN=C(NCCCOC)NCCc1cccc(OC)c1. The monoisotopic (exact) mass is 279 g/mol. The molecule has 0 bridgehead atoms. The molecule has 0 radical (unpaired) electrons. The normalized spacial score (nSPS) is 11.2. The molecular formula is C15H25N3O2. The zero-order valence-electron chi connectivity index (χ0n) is 12.6. The minimum absolute atomic E-state index is 0.758. The molecule has 20 heavy (non-hydrogen) atoms. The van der Waals surface area contributed by atoms with Crippen LogP contribution >= 0.6 is 0 Å². The van der Waals surface area contributed by atoms with Crippen LogP contribution in [0.1, 0.15) is 12.0 Å². The summed E-state index contributed by atoms with van der Waals surface area (Å²) >= 11 is 0. The summed E-state index contributed by atoms with van der Waals surface area (Å²) in [5.74, 6) is 1.72. The van der Waals surface area contributed by atoms with Crippen molar-refractivity contribution in [1.82, 2.24) is 10.6 Å². The molecule has 0 unspecified atom stereocenters. The maximum Gasteiger partial charge on any atom is 0.190 e. The van der Waals surface area contributed by atoms with E-state index in [4.69, 9.17) is 9.47 Å². The second-order valence-corrected chi connectivity index (χ2v) is 4.37. The number of ether oxygens (including phenoxy) is 2. The number of benzene rings is 1. The predicted octanol–water partition coefficient (Wildman–Crippen LogP) is 1.44. The van der Waals surface area contributed by atoms with E-state index in [-0.39, 0.29) is 0 Å². The Balaban J connectivity index is 2.27. The van der Waals surface area contributed by atoms with Crippen molar-refractivity contribution in [2.45, 2.75) is 12.8 Å². The van der Waals surface area contributed by atoms with Gasteiger partial charge >= 0.3 is 0 Å². The van der Waals surface area contributed by atoms with Crippen LogP contribution in [0.2, 0.25) is 0 Å². The fraction of sp³-hybridized carbons (Fsp3) is 0.533. The largest absolute Gasteiger partial charge is 0.497 e. The quantitative estimate of drug-likeness (QED) is 0.429. The first-order chi connectivity index (χ1) is 9.80. The molecule has 1 aromatic rings. The highest BCUT2D eigenvalue weighted by Gasteiger charge is 1.99. The number of nitrogens with one attached hydrogen (secondary N) is 2. The number of hydrogen-bond donors (Lipinski definition) is 2. The van der Waals surface area contributed by atoms with Gasteiger partial charge in [0.05, 0.1) is 7.11 Å². The Hall–Kier alpha value is -1.75. The van der Waals surface area contributed by atoms with Crippen molar-refractivity contribution < 1.29 is 9.47 Å². The first kappa shape index (κ1) is 16.3. The van der Waals surface area contributed by atoms with Crippen molar-refractivity contribution in [3.63, 3.8) is 0 Å². The van der Waals surface area contributed by atoms with Gasteiger partial charge in [0, 0.05) is 33.9 Å². The molecule has 0 amide bonds. The van der Waals surface area contributed by atoms with E-state index in [0.717, 1.165) is 44.2 Å². The van der Waals surface area contributed by atoms with Gasteiger partial charge in [-0.05, 0) is 30.5 Å². The van der Waals surface area contributed by atoms with Crippen LogP contribution in [0, 0.1) is 0 Å². The summed E-state index contributed by atoms with van der Waals surface area (Å²) in [6.07, 6.45) is 1.89. The zero-order chi connectivity index (χ0) is 14.6. The summed E-state index contributed by atoms with van der Waals surface area (Å²) in [5, 5.41) is 6.54. The van der Waals surface area contributed by atoms with Crippen molar-refractivity contribution in [2.75, 3.05) is 41.0 Å². The van der Waals surface area contributed by atoms with Gasteiger partial charge in [0.25, 0.3) is 0 Å². The number of nitrogens with zero attached hydrogens (tertiary/aromatic N) is 1. The van der Waals surface area contributed by atoms with Gasteiger partial charge < -0.3 is 20.1 Å². The molecule has 112 valence electrons. The molecule has 2 N–H and O–H groups in total. The molecule has 0 aliphatic heterocycles. The minimum atomic E-state index is 0.758. The molecular weight excluding hydrogens is 254 g/mol. The fourth-order valence-corrected chi connectivity index (χ4v) is 1.80. The predicted molar refractivity (Wildman–Crippen MR) is 82.6 cm³/mol. The third-order valence-corrected chi connectivity index (χ3v) is 2.88. The Morgan fingerprint density at radius 1 is 1.20 bits per heavy atom. The number of aliphatic imine (C=N–C) groups is 1. The van der Waals surface area contributed by atoms with Crippen molar-refractivity contribution in [2.24, 2.45) is 4.99 Å². The van der Waals surface area contributed by atoms with E-state index in [1.165, 1.54) is 5.56 Å². The highest BCUT2D eigenvalue weighted by atomic mass is 16.5. The third kappa shape index (κ3) is 6.43. The maximum absolute atomic E-state index is 5.21. The minimum Gasteiger partial charge on any atom is -0.497 e. The van der Waals surface area contributed by atoms with Gasteiger partial charge in [0.15, 0.2) is 5.96 Å². The number of methoxy groups -OCH3 is 2. The Morgan fingerprint density at radius 2 is 2.00 bits per heavy atom. The highest BCUT2D eigenvalue weighted by molar-refractivity contribution is 5.79. The third-order valence-electron chi connectivity index (χ3n) is 2.88. The molecule has 0 saturated heterocycles. The van der Waals surface area contributed by atoms with Crippen LogP contribution in [-0.2, 0) is 11.2 Å². The first-order valence-corrected chi connectivity index (χ1v) is 6.86. The number of guanidine groups is 1. The van der Waals surface area contributed by atoms with E-state index in [9.17, 15) is 0 Å². The summed E-state index contributed by atoms with van der Waals surface area (Å²) in [5.41, 5.74) is 1.24. The lowest BCUT2D eigenvalue weighted by molar-refractivity contribution is 0.195. The summed E-state index contributed by atoms with van der Waals surface area (Å²) < 4.78 is 10.2. The van der Waals surface area contributed by atoms with Crippen LogP contribution in [0.4, 0.5) is 0 Å². The summed E-state index contributed by atoms with van der Waals surface area (Å²) in [6.45, 7) is 2.44. The van der Waals surface area contributed by atoms with E-state index >= 15 is 0 Å². The molecule has 0 aliphatic rings. The first-order valence-electron chi connectivity index (χ1n) is 6.86. The van der Waals surface area contributed by atoms with Crippen molar-refractivity contribution >= 4 is 5.96 Å². The summed E-state index contributed by atoms with van der Waals surface area (Å²) in [7, 11) is 5.17. The lowest BCUT2D eigenvalue weighted by atomic mass is 10.1. The van der Waals surface area contributed by atoms with Gasteiger partial charge in [-0.25, -0.2) is 0 Å². The molecule has 0 aliphatic carbocycles. The topological polar surface area (TPSA) is 54.9 Å². The molecule has 0 heterocycles. The van der Waals surface area contributed by atoms with Crippen molar-refractivity contribution in [3.8, 4) is 5.75 Å². The van der Waals surface area contributed by atoms with Crippen LogP contribution in [0.25, 0.3) is 0 Å². The highest BCUT2D eigenvalue weighted by Crippen LogP contribution is 2.12. The molecule has 0 saturated carbocycles. The Labute approximate surface area is 121 Å². The average Bonchev–Trinajstić information content (AvgIpc) is 2.50. The van der Waals surface area contributed by atoms with E-state index in [1.807, 2.05) is 12.1 Å². The van der Waals surface area contributed by atoms with Crippen LogP contribution in [0.3, 0.4) is 0 Å². The Morgan fingerprint density at radius 3 is 2.70 bits per heavy atom. The van der Waals surface area contributed by atoms with Gasteiger partial charge in [-0.2, -0.15) is 0 Å². The van der Waals surface area contributed by atoms with Crippen LogP contribution in [0.5, 0.6) is 5.75 Å². The molecule has 5 nitrogen and oxygen atoms in total. The van der Waals surface area contributed by atoms with Gasteiger partial charge in [-0.3, -0.25) is 4.99 Å². The lowest BCUT2D eigenvalue weighted by Gasteiger charge is -2.12. The van der Waals surface area contributed by atoms with Gasteiger partial charge in [-0.1, -0.05) is 12.1 Å². The van der Waals surface area contributed by atoms with Gasteiger partial charge in [0.2, 0.25) is 0 Å². The second kappa shape index (κ2) is 10.1. The van der Waals surface area contributed by atoms with Gasteiger partial charge in [-0.15, -0.1) is 0 Å². The summed E-state index contributed by atoms with van der Waals surface area (Å²) in [6, 6.07) is 8.11. The Bertz CT molecular complexity index is 408. The molecule has 0 aromatic heterocycles. The van der Waals surface area contributed by atoms with Gasteiger partial charge in [0.1, 0.15) is 5.75 Å². The van der Waals surface area contributed by atoms with Crippen molar-refractivity contribution in [3.05, 3.63) is 29.8 Å². The molecule has 0 spiro atoms. The standard InChI is InChI=1S/C15H25N3O2/c1-16-15(17-9-5-11-19-2)18-10-8-13-6-4-7-14(12-13)20-3/h4,6-7,12H,5,8-11H2,1-3H3,(H2,16,17,18). The maximum atomic E-state index is 5.21. The second-order valence-electron chi connectivity index (χ2n) is 4.37. The van der Waals surface area contributed by atoms with E-state index < -0.39 is 0 Å².